The molecule has 1 aliphatic carbocycles. The largest absolute Gasteiger partial charge is 0.0802 e. The Bertz CT molecular complexity index is 435. The van der Waals surface area contributed by atoms with Gasteiger partial charge in [0.2, 0.25) is 0 Å². The fourth-order valence-corrected chi connectivity index (χ4v) is 2.71. The molecule has 0 unspecified atom stereocenters. The first-order valence-corrected chi connectivity index (χ1v) is 7.25. The van der Waals surface area contributed by atoms with Gasteiger partial charge in [-0.05, 0) is 53.7 Å². The van der Waals surface area contributed by atoms with Gasteiger partial charge in [0.25, 0.3) is 0 Å². The molecule has 0 aromatic heterocycles. The summed E-state index contributed by atoms with van der Waals surface area (Å²) in [6, 6.07) is 9.14. The van der Waals surface area contributed by atoms with Crippen molar-refractivity contribution in [3.8, 4) is 0 Å². The third-order valence-electron chi connectivity index (χ3n) is 3.91. The Morgan fingerprint density at radius 1 is 1.22 bits per heavy atom. The molecule has 0 aliphatic heterocycles. The normalized spacial score (nSPS) is 18.8. The van der Waals surface area contributed by atoms with E-state index >= 15 is 0 Å². The molecule has 0 saturated carbocycles. The summed E-state index contributed by atoms with van der Waals surface area (Å²) in [5.41, 5.74) is 4.98. The van der Waals surface area contributed by atoms with Gasteiger partial charge in [0, 0.05) is 0 Å². The molecule has 0 atom stereocenters. The lowest BCUT2D eigenvalue weighted by molar-refractivity contribution is 0.335. The van der Waals surface area contributed by atoms with Crippen molar-refractivity contribution in [3.05, 3.63) is 41.5 Å². The van der Waals surface area contributed by atoms with Gasteiger partial charge in [-0.15, -0.1) is 0 Å². The van der Waals surface area contributed by atoms with Crippen LogP contribution in [0.25, 0.3) is 5.57 Å². The molecule has 1 aromatic rings. The molecule has 0 amide bonds. The predicted octanol–water partition coefficient (Wildman–Crippen LogP) is 5.48. The zero-order valence-corrected chi connectivity index (χ0v) is 12.3. The van der Waals surface area contributed by atoms with E-state index in [0.29, 0.717) is 5.41 Å². The van der Waals surface area contributed by atoms with Crippen LogP contribution in [0.5, 0.6) is 0 Å². The number of hydrogen-bond acceptors (Lipinski definition) is 0. The van der Waals surface area contributed by atoms with Gasteiger partial charge in [0.1, 0.15) is 0 Å². The Kier molecular flexibility index (Phi) is 3.94. The molecule has 0 nitrogen and oxygen atoms in total. The second-order valence-corrected chi connectivity index (χ2v) is 6.90. The highest BCUT2D eigenvalue weighted by Crippen LogP contribution is 2.37. The molecule has 0 N–H and O–H groups in total. The lowest BCUT2D eigenvalue weighted by Crippen LogP contribution is -2.14. The van der Waals surface area contributed by atoms with Crippen LogP contribution in [0.2, 0.25) is 0 Å². The molecule has 0 fully saturated rings. The molecule has 98 valence electrons. The third kappa shape index (κ3) is 3.48. The van der Waals surface area contributed by atoms with Crippen LogP contribution in [-0.4, -0.2) is 0 Å². The molecule has 1 aromatic carbocycles. The van der Waals surface area contributed by atoms with Crippen molar-refractivity contribution in [2.45, 2.75) is 53.4 Å². The highest BCUT2D eigenvalue weighted by molar-refractivity contribution is 5.67. The van der Waals surface area contributed by atoms with E-state index in [1.54, 1.807) is 5.57 Å². The Hall–Kier alpha value is -1.04. The molecule has 0 radical (unpaired) electrons. The van der Waals surface area contributed by atoms with E-state index in [1.165, 1.54) is 36.8 Å². The minimum atomic E-state index is 0.499. The quantitative estimate of drug-likeness (QED) is 0.658. The van der Waals surface area contributed by atoms with Gasteiger partial charge in [0.05, 0.1) is 0 Å². The Balaban J connectivity index is 2.17. The Morgan fingerprint density at radius 2 is 2.00 bits per heavy atom. The van der Waals surface area contributed by atoms with E-state index < -0.39 is 0 Å². The van der Waals surface area contributed by atoms with Crippen molar-refractivity contribution < 1.29 is 0 Å². The minimum absolute atomic E-state index is 0.499. The van der Waals surface area contributed by atoms with Gasteiger partial charge < -0.3 is 0 Å². The topological polar surface area (TPSA) is 0 Å². The second kappa shape index (κ2) is 5.30. The van der Waals surface area contributed by atoms with Gasteiger partial charge in [-0.2, -0.15) is 0 Å². The number of rotatable bonds is 3. The van der Waals surface area contributed by atoms with E-state index in [4.69, 9.17) is 0 Å². The summed E-state index contributed by atoms with van der Waals surface area (Å²) in [5, 5.41) is 0. The maximum atomic E-state index is 2.46. The van der Waals surface area contributed by atoms with Gasteiger partial charge in [-0.1, -0.05) is 58.0 Å². The zero-order valence-electron chi connectivity index (χ0n) is 12.3. The highest BCUT2D eigenvalue weighted by Gasteiger charge is 2.21. The summed E-state index contributed by atoms with van der Waals surface area (Å²) in [5.74, 6) is 0.736. The lowest BCUT2D eigenvalue weighted by Gasteiger charge is -2.28. The molecule has 0 bridgehead atoms. The maximum Gasteiger partial charge on any atom is -0.0225 e. The van der Waals surface area contributed by atoms with E-state index in [-0.39, 0.29) is 0 Å². The van der Waals surface area contributed by atoms with Crippen molar-refractivity contribution in [1.29, 1.82) is 0 Å². The average Bonchev–Trinajstić information content (AvgIpc) is 2.28. The summed E-state index contributed by atoms with van der Waals surface area (Å²) >= 11 is 0. The first-order chi connectivity index (χ1) is 8.46. The van der Waals surface area contributed by atoms with Crippen LogP contribution in [0, 0.1) is 11.3 Å². The van der Waals surface area contributed by atoms with E-state index in [0.717, 1.165) is 5.92 Å². The first kappa shape index (κ1) is 13.4. The van der Waals surface area contributed by atoms with Crippen LogP contribution in [-0.2, 0) is 6.42 Å². The van der Waals surface area contributed by atoms with Gasteiger partial charge in [0.15, 0.2) is 0 Å². The first-order valence-electron chi connectivity index (χ1n) is 7.25. The smallest absolute Gasteiger partial charge is 0.0225 e. The molecule has 0 heteroatoms. The Morgan fingerprint density at radius 3 is 2.61 bits per heavy atom. The highest BCUT2D eigenvalue weighted by atomic mass is 14.3. The molecular formula is C18H26. The number of hydrogen-bond donors (Lipinski definition) is 0. The molecule has 2 rings (SSSR count). The molecule has 0 heterocycles. The van der Waals surface area contributed by atoms with Gasteiger partial charge in [-0.3, -0.25) is 0 Å². The fraction of sp³-hybridized carbons (Fsp3) is 0.556. The molecule has 0 saturated heterocycles. The van der Waals surface area contributed by atoms with Crippen molar-refractivity contribution in [2.24, 2.45) is 11.3 Å². The molecular weight excluding hydrogens is 216 g/mol. The predicted molar refractivity (Wildman–Crippen MR) is 80.6 cm³/mol. The molecule has 18 heavy (non-hydrogen) atoms. The molecule has 0 spiro atoms. The second-order valence-electron chi connectivity index (χ2n) is 6.90. The van der Waals surface area contributed by atoms with Crippen LogP contribution in [0.1, 0.15) is 58.1 Å². The van der Waals surface area contributed by atoms with Crippen LogP contribution in [0.3, 0.4) is 0 Å². The van der Waals surface area contributed by atoms with Crippen LogP contribution in [0.4, 0.5) is 0 Å². The summed E-state index contributed by atoms with van der Waals surface area (Å²) < 4.78 is 0. The maximum absolute atomic E-state index is 2.46. The van der Waals surface area contributed by atoms with Crippen LogP contribution < -0.4 is 0 Å². The molecule has 1 aliphatic rings. The van der Waals surface area contributed by atoms with Crippen molar-refractivity contribution in [1.82, 2.24) is 0 Å². The van der Waals surface area contributed by atoms with Crippen molar-refractivity contribution in [3.63, 3.8) is 0 Å². The summed E-state index contributed by atoms with van der Waals surface area (Å²) in [4.78, 5) is 0. The van der Waals surface area contributed by atoms with E-state index in [2.05, 4.69) is 58.0 Å². The fourth-order valence-electron chi connectivity index (χ4n) is 2.71. The average molecular weight is 242 g/mol. The van der Waals surface area contributed by atoms with Crippen molar-refractivity contribution in [2.75, 3.05) is 0 Å². The van der Waals surface area contributed by atoms with Crippen molar-refractivity contribution >= 4 is 5.57 Å². The van der Waals surface area contributed by atoms with Gasteiger partial charge in [-0.25, -0.2) is 0 Å². The summed E-state index contributed by atoms with van der Waals surface area (Å²) in [6.07, 6.45) is 7.41. The number of benzene rings is 1. The Labute approximate surface area is 112 Å². The number of allylic oxidation sites excluding steroid dienone is 2. The zero-order chi connectivity index (χ0) is 13.2. The lowest BCUT2D eigenvalue weighted by atomic mass is 9.77. The van der Waals surface area contributed by atoms with Gasteiger partial charge >= 0.3 is 0 Å². The van der Waals surface area contributed by atoms with Crippen LogP contribution >= 0.6 is 0 Å². The van der Waals surface area contributed by atoms with Crippen LogP contribution in [0.15, 0.2) is 30.3 Å². The van der Waals surface area contributed by atoms with E-state index in [9.17, 15) is 0 Å². The SMILES string of the molecule is CC(C)Cc1cccc(C2=CCC(C)(C)CC2)c1. The standard InChI is InChI=1S/C18H26/c1-14(2)12-15-6-5-7-17(13-15)16-8-10-18(3,4)11-9-16/h5-8,13-14H,9-12H2,1-4H3. The minimum Gasteiger partial charge on any atom is -0.0802 e. The monoisotopic (exact) mass is 242 g/mol. The summed E-state index contributed by atoms with van der Waals surface area (Å²) in [7, 11) is 0. The van der Waals surface area contributed by atoms with E-state index in [1.807, 2.05) is 0 Å². The third-order valence-corrected chi connectivity index (χ3v) is 3.91. The summed E-state index contributed by atoms with van der Waals surface area (Å²) in [6.45, 7) is 9.31.